The molecule has 4 aromatic rings. The first-order valence-electron chi connectivity index (χ1n) is 11.4. The topological polar surface area (TPSA) is 83.3 Å². The summed E-state index contributed by atoms with van der Waals surface area (Å²) >= 11 is 0. The molecule has 3 heterocycles. The van der Waals surface area contributed by atoms with Crippen molar-refractivity contribution < 1.29 is 5.21 Å². The van der Waals surface area contributed by atoms with Gasteiger partial charge in [0.2, 0.25) is 0 Å². The number of benzene rings is 2. The molecule has 0 unspecified atom stereocenters. The molecule has 1 aliphatic rings. The molecule has 0 spiro atoms. The number of aromatic nitrogens is 3. The fourth-order valence-electron chi connectivity index (χ4n) is 4.45. The molecule has 1 fully saturated rings. The lowest BCUT2D eigenvalue weighted by Gasteiger charge is -2.26. The highest BCUT2D eigenvalue weighted by atomic mass is 16.5. The van der Waals surface area contributed by atoms with Crippen LogP contribution in [0.25, 0.3) is 22.2 Å². The molecule has 2 aromatic heterocycles. The van der Waals surface area contributed by atoms with E-state index in [2.05, 4.69) is 56.6 Å². The molecule has 168 valence electrons. The van der Waals surface area contributed by atoms with E-state index >= 15 is 0 Å². The molecule has 1 aliphatic heterocycles. The zero-order valence-corrected chi connectivity index (χ0v) is 18.4. The van der Waals surface area contributed by atoms with Crippen LogP contribution in [-0.2, 0) is 13.1 Å². The summed E-state index contributed by atoms with van der Waals surface area (Å²) in [6.45, 7) is 3.86. The number of piperidine rings is 1. The molecule has 7 nitrogen and oxygen atoms in total. The first-order chi connectivity index (χ1) is 16.2. The predicted molar refractivity (Wildman–Crippen MR) is 129 cm³/mol. The van der Waals surface area contributed by atoms with Gasteiger partial charge in [-0.15, -0.1) is 4.73 Å². The van der Waals surface area contributed by atoms with Gasteiger partial charge in [-0.05, 0) is 72.5 Å². The van der Waals surface area contributed by atoms with Gasteiger partial charge in [-0.25, -0.2) is 9.78 Å². The summed E-state index contributed by atoms with van der Waals surface area (Å²) in [5.41, 5.74) is 4.18. The maximum absolute atomic E-state index is 12.0. The lowest BCUT2D eigenvalue weighted by molar-refractivity contribution is 0.182. The van der Waals surface area contributed by atoms with E-state index in [4.69, 9.17) is 0 Å². The third kappa shape index (κ3) is 4.73. The molecule has 0 saturated carbocycles. The molecule has 0 amide bonds. The average molecular weight is 442 g/mol. The van der Waals surface area contributed by atoms with Crippen LogP contribution in [0.5, 0.6) is 0 Å². The van der Waals surface area contributed by atoms with Gasteiger partial charge in [0, 0.05) is 19.3 Å². The van der Waals surface area contributed by atoms with Crippen LogP contribution < -0.4 is 11.0 Å². The largest absolute Gasteiger partial charge is 0.422 e. The van der Waals surface area contributed by atoms with Crippen molar-refractivity contribution in [3.05, 3.63) is 88.5 Å². The number of fused-ring (bicyclic) bond motifs is 1. The third-order valence-corrected chi connectivity index (χ3v) is 6.13. The summed E-state index contributed by atoms with van der Waals surface area (Å²) in [4.78, 5) is 22.6. The van der Waals surface area contributed by atoms with E-state index in [1.807, 2.05) is 12.1 Å². The van der Waals surface area contributed by atoms with E-state index in [-0.39, 0.29) is 5.65 Å². The summed E-state index contributed by atoms with van der Waals surface area (Å²) in [7, 11) is 0. The van der Waals surface area contributed by atoms with Crippen LogP contribution in [0.1, 0.15) is 30.4 Å². The van der Waals surface area contributed by atoms with E-state index in [0.29, 0.717) is 22.5 Å². The molecular weight excluding hydrogens is 414 g/mol. The predicted octanol–water partition coefficient (Wildman–Crippen LogP) is 4.29. The van der Waals surface area contributed by atoms with E-state index in [9.17, 15) is 10.0 Å². The molecule has 5 rings (SSSR count). The number of likely N-dealkylation sites (tertiary alicyclic amines) is 1. The zero-order chi connectivity index (χ0) is 22.6. The molecule has 2 aromatic carbocycles. The number of hydrogen-bond donors (Lipinski definition) is 2. The molecule has 1 saturated heterocycles. The number of anilines is 1. The second-order valence-corrected chi connectivity index (χ2v) is 8.52. The second kappa shape index (κ2) is 9.42. The second-order valence-electron chi connectivity index (χ2n) is 8.52. The van der Waals surface area contributed by atoms with Crippen molar-refractivity contribution in [2.75, 3.05) is 18.4 Å². The normalized spacial score (nSPS) is 14.4. The Morgan fingerprint density at radius 3 is 2.42 bits per heavy atom. The van der Waals surface area contributed by atoms with Gasteiger partial charge < -0.3 is 10.5 Å². The van der Waals surface area contributed by atoms with Gasteiger partial charge in [0.15, 0.2) is 5.65 Å². The van der Waals surface area contributed by atoms with Gasteiger partial charge in [0.05, 0.1) is 5.39 Å². The van der Waals surface area contributed by atoms with E-state index < -0.39 is 5.69 Å². The Morgan fingerprint density at radius 2 is 1.64 bits per heavy atom. The van der Waals surface area contributed by atoms with Crippen LogP contribution in [0.2, 0.25) is 0 Å². The Hall–Kier alpha value is -3.71. The van der Waals surface area contributed by atoms with Crippen LogP contribution in [0.4, 0.5) is 5.82 Å². The van der Waals surface area contributed by atoms with E-state index in [0.717, 1.165) is 17.7 Å². The minimum atomic E-state index is -0.761. The number of hydrogen-bond acceptors (Lipinski definition) is 6. The fraction of sp³-hybridized carbons (Fsp3) is 0.269. The minimum Gasteiger partial charge on any atom is -0.422 e. The lowest BCUT2D eigenvalue weighted by Crippen LogP contribution is -2.29. The van der Waals surface area contributed by atoms with Gasteiger partial charge in [0.1, 0.15) is 5.82 Å². The van der Waals surface area contributed by atoms with Gasteiger partial charge in [-0.3, -0.25) is 4.90 Å². The van der Waals surface area contributed by atoms with Crippen molar-refractivity contribution in [2.45, 2.75) is 32.4 Å². The molecule has 0 aliphatic carbocycles. The number of rotatable bonds is 6. The lowest BCUT2D eigenvalue weighted by atomic mass is 10.0. The van der Waals surface area contributed by atoms with Crippen molar-refractivity contribution in [3.63, 3.8) is 0 Å². The van der Waals surface area contributed by atoms with Crippen molar-refractivity contribution in [1.82, 2.24) is 19.6 Å². The summed E-state index contributed by atoms with van der Waals surface area (Å²) in [5.74, 6) is 0.405. The number of nitrogens with zero attached hydrogens (tertiary/aromatic N) is 4. The quantitative estimate of drug-likeness (QED) is 0.434. The molecule has 0 radical (unpaired) electrons. The molecule has 0 bridgehead atoms. The van der Waals surface area contributed by atoms with Crippen molar-refractivity contribution in [1.29, 1.82) is 0 Å². The van der Waals surface area contributed by atoms with Crippen LogP contribution >= 0.6 is 0 Å². The summed E-state index contributed by atoms with van der Waals surface area (Å²) in [6.07, 6.45) is 5.46. The first kappa shape index (κ1) is 21.2. The van der Waals surface area contributed by atoms with Crippen LogP contribution in [0.15, 0.2) is 71.7 Å². The third-order valence-electron chi connectivity index (χ3n) is 6.13. The summed E-state index contributed by atoms with van der Waals surface area (Å²) < 4.78 is 0.470. The SMILES string of the molecule is O=c1nc(NCc2cccc(-c3cccc(CN4CCCCC4)c3)c2)c2cccnc2n1O. The molecule has 0 atom stereocenters. The average Bonchev–Trinajstić information content (AvgIpc) is 2.86. The van der Waals surface area contributed by atoms with Crippen LogP contribution in [-0.4, -0.2) is 37.9 Å². The minimum absolute atomic E-state index is 0.180. The highest BCUT2D eigenvalue weighted by Gasteiger charge is 2.12. The first-order valence-corrected chi connectivity index (χ1v) is 11.4. The number of nitrogens with one attached hydrogen (secondary N) is 1. The maximum atomic E-state index is 12.0. The highest BCUT2D eigenvalue weighted by molar-refractivity contribution is 5.86. The Balaban J connectivity index is 1.34. The summed E-state index contributed by atoms with van der Waals surface area (Å²) in [6, 6.07) is 20.6. The summed E-state index contributed by atoms with van der Waals surface area (Å²) in [5, 5.41) is 13.7. The molecule has 33 heavy (non-hydrogen) atoms. The van der Waals surface area contributed by atoms with Gasteiger partial charge in [-0.1, -0.05) is 42.8 Å². The fourth-order valence-corrected chi connectivity index (χ4v) is 4.45. The molecule has 2 N–H and O–H groups in total. The van der Waals surface area contributed by atoms with E-state index in [1.165, 1.54) is 49.7 Å². The van der Waals surface area contributed by atoms with Crippen molar-refractivity contribution in [3.8, 4) is 11.1 Å². The Bertz CT molecular complexity index is 1330. The number of pyridine rings is 1. The zero-order valence-electron chi connectivity index (χ0n) is 18.4. The van der Waals surface area contributed by atoms with Gasteiger partial charge >= 0.3 is 5.69 Å². The molecule has 7 heteroatoms. The van der Waals surface area contributed by atoms with Gasteiger partial charge in [0.25, 0.3) is 0 Å². The Morgan fingerprint density at radius 1 is 0.909 bits per heavy atom. The van der Waals surface area contributed by atoms with Crippen LogP contribution in [0, 0.1) is 0 Å². The standard InChI is InChI=1S/C26H27N5O2/c32-26-29-24(23-11-6-12-27-25(23)31(26)33)28-17-19-7-4-9-21(15-19)22-10-5-8-20(16-22)18-30-13-2-1-3-14-30/h4-12,15-16,33H,1-3,13-14,17-18H2,(H,28,29,32). The van der Waals surface area contributed by atoms with Crippen LogP contribution in [0.3, 0.4) is 0 Å². The molecular formula is C26H27N5O2. The van der Waals surface area contributed by atoms with Gasteiger partial charge in [-0.2, -0.15) is 4.98 Å². The smallest absolute Gasteiger partial charge is 0.384 e. The van der Waals surface area contributed by atoms with Crippen molar-refractivity contribution >= 4 is 16.9 Å². The van der Waals surface area contributed by atoms with E-state index in [1.54, 1.807) is 12.1 Å². The Kier molecular flexibility index (Phi) is 6.04. The van der Waals surface area contributed by atoms with Crippen molar-refractivity contribution in [2.24, 2.45) is 0 Å². The monoisotopic (exact) mass is 441 g/mol. The maximum Gasteiger partial charge on any atom is 0.384 e. The Labute approximate surface area is 192 Å². The highest BCUT2D eigenvalue weighted by Crippen LogP contribution is 2.24.